The van der Waals surface area contributed by atoms with Crippen LogP contribution in [-0.2, 0) is 18.0 Å². The average molecular weight is 502 g/mol. The number of hydrogen-bond acceptors (Lipinski definition) is 5. The van der Waals surface area contributed by atoms with Gasteiger partial charge in [0.15, 0.2) is 5.58 Å². The van der Waals surface area contributed by atoms with E-state index in [0.29, 0.717) is 24.3 Å². The van der Waals surface area contributed by atoms with Crippen LogP contribution in [0.3, 0.4) is 0 Å². The quantitative estimate of drug-likeness (QED) is 0.229. The van der Waals surface area contributed by atoms with Crippen LogP contribution in [0.5, 0.6) is 0 Å². The van der Waals surface area contributed by atoms with E-state index in [1.807, 2.05) is 60.4 Å². The van der Waals surface area contributed by atoms with E-state index < -0.39 is 13.8 Å². The van der Waals surface area contributed by atoms with E-state index in [9.17, 15) is 9.59 Å². The molecule has 0 fully saturated rings. The monoisotopic (exact) mass is 501 g/mol. The second-order valence-corrected chi connectivity index (χ2v) is 16.2. The number of carbonyl (C=O) groups excluding carboxylic acids is 1. The van der Waals surface area contributed by atoms with Gasteiger partial charge < -0.3 is 14.1 Å². The predicted octanol–water partition coefficient (Wildman–Crippen LogP) is 5.69. The maximum absolute atomic E-state index is 13.6. The molecule has 0 aliphatic carbocycles. The summed E-state index contributed by atoms with van der Waals surface area (Å²) in [5.41, 5.74) is 5.65. The van der Waals surface area contributed by atoms with E-state index >= 15 is 0 Å². The Morgan fingerprint density at radius 2 is 1.92 bits per heavy atom. The summed E-state index contributed by atoms with van der Waals surface area (Å²) in [5.74, 6) is -0.443. The van der Waals surface area contributed by atoms with Crippen molar-refractivity contribution in [3.05, 3.63) is 88.2 Å². The van der Waals surface area contributed by atoms with Gasteiger partial charge in [0.05, 0.1) is 17.1 Å². The van der Waals surface area contributed by atoms with Gasteiger partial charge in [-0.1, -0.05) is 50.0 Å². The van der Waals surface area contributed by atoms with Crippen molar-refractivity contribution in [3.8, 4) is 11.1 Å². The highest BCUT2D eigenvalue weighted by Crippen LogP contribution is 2.39. The normalized spacial score (nSPS) is 15.6. The number of aromatic nitrogens is 2. The molecule has 36 heavy (non-hydrogen) atoms. The lowest BCUT2D eigenvalue weighted by molar-refractivity contribution is 0.0723. The van der Waals surface area contributed by atoms with Crippen LogP contribution in [0.4, 0.5) is 0 Å². The van der Waals surface area contributed by atoms with E-state index in [0.717, 1.165) is 33.9 Å². The van der Waals surface area contributed by atoms with Crippen molar-refractivity contribution in [2.75, 3.05) is 6.61 Å². The van der Waals surface area contributed by atoms with E-state index in [1.165, 1.54) is 4.57 Å². The molecular weight excluding hydrogens is 470 g/mol. The Morgan fingerprint density at radius 3 is 2.67 bits per heavy atom. The molecule has 1 unspecified atom stereocenters. The maximum Gasteiger partial charge on any atom is 0.421 e. The fourth-order valence-corrected chi connectivity index (χ4v) is 5.43. The minimum atomic E-state index is -1.20. The van der Waals surface area contributed by atoms with Crippen molar-refractivity contribution in [1.29, 1.82) is 0 Å². The van der Waals surface area contributed by atoms with Crippen LogP contribution in [0.25, 0.3) is 22.2 Å². The smallest absolute Gasteiger partial charge is 0.408 e. The standard InChI is InChI=1S/C28H31N3O4Si/c1-19-22-8-5-9-23(21-7-6-12-29-16-21)26(22)27(32)30(19)17-20-10-11-24-25(15-20)35-28(33)31(24)18-34-13-14-36(2,3)4/h5-12,15-16,19H,13-14,17-18H2,1-4H3. The van der Waals surface area contributed by atoms with Gasteiger partial charge in [0, 0.05) is 39.2 Å². The number of hydrogen-bond donors (Lipinski definition) is 0. The van der Waals surface area contributed by atoms with Gasteiger partial charge in [-0.2, -0.15) is 0 Å². The fraction of sp³-hybridized carbons (Fsp3) is 0.321. The topological polar surface area (TPSA) is 77.6 Å². The predicted molar refractivity (Wildman–Crippen MR) is 143 cm³/mol. The zero-order valence-corrected chi connectivity index (χ0v) is 22.2. The molecule has 0 bridgehead atoms. The molecule has 1 aliphatic rings. The zero-order valence-electron chi connectivity index (χ0n) is 21.2. The molecule has 8 heteroatoms. The number of carbonyl (C=O) groups is 1. The van der Waals surface area contributed by atoms with E-state index in [-0.39, 0.29) is 18.7 Å². The molecule has 2 aromatic carbocycles. The number of oxazole rings is 1. The summed E-state index contributed by atoms with van der Waals surface area (Å²) in [6.45, 7) is 10.1. The van der Waals surface area contributed by atoms with Gasteiger partial charge in [-0.15, -0.1) is 0 Å². The third-order valence-electron chi connectivity index (χ3n) is 6.76. The zero-order chi connectivity index (χ0) is 25.4. The van der Waals surface area contributed by atoms with Crippen LogP contribution >= 0.6 is 0 Å². The summed E-state index contributed by atoms with van der Waals surface area (Å²) in [7, 11) is -1.20. The molecule has 2 aromatic heterocycles. The van der Waals surface area contributed by atoms with Crippen molar-refractivity contribution in [2.45, 2.75) is 51.9 Å². The lowest BCUT2D eigenvalue weighted by atomic mass is 9.96. The molecular formula is C28H31N3O4Si. The summed E-state index contributed by atoms with van der Waals surface area (Å²) >= 11 is 0. The molecule has 7 nitrogen and oxygen atoms in total. The van der Waals surface area contributed by atoms with Crippen molar-refractivity contribution in [1.82, 2.24) is 14.5 Å². The van der Waals surface area contributed by atoms with Crippen LogP contribution < -0.4 is 5.76 Å². The highest BCUT2D eigenvalue weighted by Gasteiger charge is 2.36. The summed E-state index contributed by atoms with van der Waals surface area (Å²) in [6.07, 6.45) is 3.51. The van der Waals surface area contributed by atoms with E-state index in [1.54, 1.807) is 12.4 Å². The van der Waals surface area contributed by atoms with E-state index in [2.05, 4.69) is 24.6 Å². The van der Waals surface area contributed by atoms with Gasteiger partial charge >= 0.3 is 5.76 Å². The number of rotatable bonds is 8. The summed E-state index contributed by atoms with van der Waals surface area (Å²) in [5, 5.41) is 0. The van der Waals surface area contributed by atoms with Gasteiger partial charge in [-0.3, -0.25) is 9.78 Å². The number of nitrogens with zero attached hydrogens (tertiary/aromatic N) is 3. The SMILES string of the molecule is CC1c2cccc(-c3cccnc3)c2C(=O)N1Cc1ccc2c(c1)oc(=O)n2COCC[Si](C)(C)C. The fourth-order valence-electron chi connectivity index (χ4n) is 4.68. The average Bonchev–Trinajstić information content (AvgIpc) is 3.29. The molecule has 1 aliphatic heterocycles. The second kappa shape index (κ2) is 9.52. The molecule has 0 saturated heterocycles. The Balaban J connectivity index is 1.36. The third kappa shape index (κ3) is 4.66. The largest absolute Gasteiger partial charge is 0.421 e. The number of amides is 1. The van der Waals surface area contributed by atoms with Crippen LogP contribution in [0.2, 0.25) is 25.7 Å². The molecule has 1 atom stereocenters. The number of ether oxygens (including phenoxy) is 1. The Labute approximate surface area is 211 Å². The van der Waals surface area contributed by atoms with Crippen LogP contribution in [-0.4, -0.2) is 35.0 Å². The molecule has 0 N–H and O–H groups in total. The molecule has 0 spiro atoms. The van der Waals surface area contributed by atoms with Gasteiger partial charge in [0.25, 0.3) is 5.91 Å². The highest BCUT2D eigenvalue weighted by molar-refractivity contribution is 6.76. The minimum absolute atomic E-state index is 0.00753. The Hall–Kier alpha value is -3.49. The molecule has 5 rings (SSSR count). The number of benzene rings is 2. The van der Waals surface area contributed by atoms with Crippen molar-refractivity contribution < 1.29 is 13.9 Å². The first-order valence-electron chi connectivity index (χ1n) is 12.3. The first kappa shape index (κ1) is 24.2. The highest BCUT2D eigenvalue weighted by atomic mass is 28.3. The van der Waals surface area contributed by atoms with Crippen molar-refractivity contribution in [3.63, 3.8) is 0 Å². The number of fused-ring (bicyclic) bond motifs is 2. The molecule has 0 saturated carbocycles. The lowest BCUT2D eigenvalue weighted by Gasteiger charge is -2.22. The van der Waals surface area contributed by atoms with Gasteiger partial charge in [0.1, 0.15) is 6.73 Å². The van der Waals surface area contributed by atoms with Crippen LogP contribution in [0, 0.1) is 0 Å². The van der Waals surface area contributed by atoms with Gasteiger partial charge in [-0.25, -0.2) is 9.36 Å². The van der Waals surface area contributed by atoms with Crippen molar-refractivity contribution in [2.24, 2.45) is 0 Å². The molecule has 186 valence electrons. The van der Waals surface area contributed by atoms with Crippen molar-refractivity contribution >= 4 is 25.1 Å². The summed E-state index contributed by atoms with van der Waals surface area (Å²) in [4.78, 5) is 32.1. The first-order valence-corrected chi connectivity index (χ1v) is 16.0. The molecule has 1 amide bonds. The Kier molecular flexibility index (Phi) is 6.40. The van der Waals surface area contributed by atoms with Gasteiger partial charge in [0.2, 0.25) is 0 Å². The molecule has 0 radical (unpaired) electrons. The Morgan fingerprint density at radius 1 is 1.08 bits per heavy atom. The third-order valence-corrected chi connectivity index (χ3v) is 8.47. The van der Waals surface area contributed by atoms with Crippen LogP contribution in [0.1, 0.15) is 34.5 Å². The summed E-state index contributed by atoms with van der Waals surface area (Å²) in [6, 6.07) is 16.5. The summed E-state index contributed by atoms with van der Waals surface area (Å²) < 4.78 is 12.8. The second-order valence-electron chi connectivity index (χ2n) is 10.6. The molecule has 3 heterocycles. The lowest BCUT2D eigenvalue weighted by Crippen LogP contribution is -2.26. The van der Waals surface area contributed by atoms with E-state index in [4.69, 9.17) is 9.15 Å². The number of pyridine rings is 1. The van der Waals surface area contributed by atoms with Crippen LogP contribution in [0.15, 0.2) is 70.1 Å². The Bertz CT molecular complexity index is 1470. The maximum atomic E-state index is 13.6. The molecule has 4 aromatic rings. The van der Waals surface area contributed by atoms with Gasteiger partial charge in [-0.05, 0) is 47.9 Å². The minimum Gasteiger partial charge on any atom is -0.408 e. The first-order chi connectivity index (χ1) is 17.2.